The molecule has 1 aromatic heterocycles. The van der Waals surface area contributed by atoms with Crippen molar-refractivity contribution < 1.29 is 4.39 Å². The van der Waals surface area contributed by atoms with Crippen molar-refractivity contribution in [2.45, 2.75) is 44.6 Å². The zero-order chi connectivity index (χ0) is 14.5. The van der Waals surface area contributed by atoms with Crippen LogP contribution in [0.3, 0.4) is 0 Å². The maximum Gasteiger partial charge on any atom is 0.123 e. The molecule has 21 heavy (non-hydrogen) atoms. The average Bonchev–Trinajstić information content (AvgIpc) is 2.99. The van der Waals surface area contributed by atoms with Gasteiger partial charge in [-0.25, -0.2) is 4.39 Å². The third-order valence-electron chi connectivity index (χ3n) is 4.17. The molecule has 1 aliphatic rings. The van der Waals surface area contributed by atoms with Gasteiger partial charge in [-0.1, -0.05) is 37.3 Å². The van der Waals surface area contributed by atoms with E-state index in [1.54, 1.807) is 12.1 Å². The largest absolute Gasteiger partial charge is 0.338 e. The predicted molar refractivity (Wildman–Crippen MR) is 83.5 cm³/mol. The summed E-state index contributed by atoms with van der Waals surface area (Å²) in [7, 11) is 0. The molecule has 1 heterocycles. The second-order valence-electron chi connectivity index (χ2n) is 5.70. The van der Waals surface area contributed by atoms with Crippen molar-refractivity contribution in [3.05, 3.63) is 59.7 Å². The molecule has 0 unspecified atom stereocenters. The van der Waals surface area contributed by atoms with Gasteiger partial charge in [-0.15, -0.1) is 0 Å². The molecule has 1 nitrogen and oxygen atoms in total. The van der Waals surface area contributed by atoms with Crippen molar-refractivity contribution in [3.8, 4) is 11.8 Å². The molecule has 0 radical (unpaired) electrons. The van der Waals surface area contributed by atoms with Crippen LogP contribution in [0.15, 0.2) is 42.6 Å². The highest BCUT2D eigenvalue weighted by Gasteiger charge is 2.15. The number of hydrogen-bond donors (Lipinski definition) is 0. The van der Waals surface area contributed by atoms with E-state index in [1.807, 2.05) is 0 Å². The molecule has 0 bridgehead atoms. The lowest BCUT2D eigenvalue weighted by atomic mass is 9.95. The first kappa shape index (κ1) is 13.9. The Balaban J connectivity index is 1.69. The number of halogens is 1. The fraction of sp³-hybridized carbons (Fsp3) is 0.368. The Morgan fingerprint density at radius 1 is 1.05 bits per heavy atom. The number of benzene rings is 1. The van der Waals surface area contributed by atoms with E-state index in [1.165, 1.54) is 44.2 Å². The lowest BCUT2D eigenvalue weighted by molar-refractivity contribution is 0.352. The third-order valence-corrected chi connectivity index (χ3v) is 4.17. The first-order valence-corrected chi connectivity index (χ1v) is 7.73. The first-order chi connectivity index (χ1) is 10.3. The molecule has 108 valence electrons. The molecule has 0 N–H and O–H groups in total. The summed E-state index contributed by atoms with van der Waals surface area (Å²) < 4.78 is 15.2. The zero-order valence-corrected chi connectivity index (χ0v) is 12.2. The lowest BCUT2D eigenvalue weighted by Gasteiger charge is -2.24. The van der Waals surface area contributed by atoms with Gasteiger partial charge in [0.2, 0.25) is 0 Å². The molecule has 2 heteroatoms. The Kier molecular flexibility index (Phi) is 4.40. The second kappa shape index (κ2) is 6.63. The van der Waals surface area contributed by atoms with Gasteiger partial charge in [0.25, 0.3) is 0 Å². The fourth-order valence-electron chi connectivity index (χ4n) is 3.02. The molecule has 0 amide bonds. The summed E-state index contributed by atoms with van der Waals surface area (Å²) in [5.74, 6) is 6.29. The van der Waals surface area contributed by atoms with Gasteiger partial charge in [-0.05, 0) is 48.6 Å². The summed E-state index contributed by atoms with van der Waals surface area (Å²) >= 11 is 0. The van der Waals surface area contributed by atoms with E-state index in [9.17, 15) is 4.39 Å². The van der Waals surface area contributed by atoms with E-state index in [-0.39, 0.29) is 5.82 Å². The minimum atomic E-state index is -0.196. The smallest absolute Gasteiger partial charge is 0.123 e. The molecular weight excluding hydrogens is 261 g/mol. The van der Waals surface area contributed by atoms with Crippen LogP contribution < -0.4 is 0 Å². The Labute approximate surface area is 125 Å². The molecule has 1 fully saturated rings. The molecule has 0 spiro atoms. The summed E-state index contributed by atoms with van der Waals surface area (Å²) in [6, 6.07) is 11.4. The van der Waals surface area contributed by atoms with Crippen LogP contribution in [-0.2, 0) is 6.42 Å². The summed E-state index contributed by atoms with van der Waals surface area (Å²) in [6.07, 6.45) is 9.36. The maximum atomic E-state index is 12.9. The van der Waals surface area contributed by atoms with E-state index < -0.39 is 0 Å². The van der Waals surface area contributed by atoms with Crippen LogP contribution in [-0.4, -0.2) is 4.57 Å². The highest BCUT2D eigenvalue weighted by Crippen LogP contribution is 2.29. The average molecular weight is 281 g/mol. The molecule has 1 saturated carbocycles. The summed E-state index contributed by atoms with van der Waals surface area (Å²) in [5.41, 5.74) is 2.16. The minimum absolute atomic E-state index is 0.196. The Bertz CT molecular complexity index is 636. The van der Waals surface area contributed by atoms with Crippen LogP contribution in [0, 0.1) is 17.7 Å². The number of aromatic nitrogens is 1. The van der Waals surface area contributed by atoms with Crippen molar-refractivity contribution in [3.63, 3.8) is 0 Å². The minimum Gasteiger partial charge on any atom is -0.338 e. The molecule has 0 atom stereocenters. The normalized spacial score (nSPS) is 15.5. The quantitative estimate of drug-likeness (QED) is 0.701. The molecule has 3 rings (SSSR count). The van der Waals surface area contributed by atoms with Gasteiger partial charge in [0, 0.05) is 18.7 Å². The van der Waals surface area contributed by atoms with Gasteiger partial charge in [0.15, 0.2) is 0 Å². The van der Waals surface area contributed by atoms with Crippen molar-refractivity contribution in [2.24, 2.45) is 0 Å². The van der Waals surface area contributed by atoms with Crippen LogP contribution in [0.4, 0.5) is 4.39 Å². The van der Waals surface area contributed by atoms with Gasteiger partial charge in [-0.3, -0.25) is 0 Å². The second-order valence-corrected chi connectivity index (χ2v) is 5.70. The molecule has 1 aliphatic carbocycles. The van der Waals surface area contributed by atoms with Crippen LogP contribution in [0.2, 0.25) is 0 Å². The van der Waals surface area contributed by atoms with Crippen LogP contribution >= 0.6 is 0 Å². The van der Waals surface area contributed by atoms with E-state index in [2.05, 4.69) is 34.7 Å². The van der Waals surface area contributed by atoms with E-state index in [0.717, 1.165) is 11.3 Å². The molecular formula is C19H20FN. The summed E-state index contributed by atoms with van der Waals surface area (Å²) in [5, 5.41) is 0. The first-order valence-electron chi connectivity index (χ1n) is 7.73. The van der Waals surface area contributed by atoms with E-state index >= 15 is 0 Å². The van der Waals surface area contributed by atoms with Crippen molar-refractivity contribution in [1.29, 1.82) is 0 Å². The number of nitrogens with zero attached hydrogens (tertiary/aromatic N) is 1. The third kappa shape index (κ3) is 3.55. The number of rotatable bonds is 2. The highest BCUT2D eigenvalue weighted by molar-refractivity contribution is 5.32. The van der Waals surface area contributed by atoms with Crippen molar-refractivity contribution in [1.82, 2.24) is 4.57 Å². The summed E-state index contributed by atoms with van der Waals surface area (Å²) in [6.45, 7) is 0. The monoisotopic (exact) mass is 281 g/mol. The molecule has 2 aromatic rings. The predicted octanol–water partition coefficient (Wildman–Crippen LogP) is 4.73. The maximum absolute atomic E-state index is 12.9. The Morgan fingerprint density at radius 3 is 2.57 bits per heavy atom. The Morgan fingerprint density at radius 2 is 1.81 bits per heavy atom. The summed E-state index contributed by atoms with van der Waals surface area (Å²) in [4.78, 5) is 0. The Hall–Kier alpha value is -2.01. The van der Waals surface area contributed by atoms with Crippen LogP contribution in [0.1, 0.15) is 49.4 Å². The zero-order valence-electron chi connectivity index (χ0n) is 12.2. The standard InChI is InChI=1S/C19H20FN/c20-17-13-11-16(12-14-17)6-4-9-19-10-5-15-21(19)18-7-2-1-3-8-18/h5,10-15,18H,1-3,6-8H2. The van der Waals surface area contributed by atoms with E-state index in [4.69, 9.17) is 0 Å². The lowest BCUT2D eigenvalue weighted by Crippen LogP contribution is -2.13. The van der Waals surface area contributed by atoms with E-state index in [0.29, 0.717) is 12.5 Å². The van der Waals surface area contributed by atoms with Crippen LogP contribution in [0.5, 0.6) is 0 Å². The highest BCUT2D eigenvalue weighted by atomic mass is 19.1. The molecule has 0 saturated heterocycles. The van der Waals surface area contributed by atoms with Gasteiger partial charge in [0.1, 0.15) is 5.82 Å². The van der Waals surface area contributed by atoms with Gasteiger partial charge >= 0.3 is 0 Å². The van der Waals surface area contributed by atoms with Gasteiger partial charge in [-0.2, -0.15) is 0 Å². The molecule has 0 aliphatic heterocycles. The van der Waals surface area contributed by atoms with Crippen molar-refractivity contribution >= 4 is 0 Å². The van der Waals surface area contributed by atoms with Gasteiger partial charge in [0.05, 0.1) is 5.69 Å². The SMILES string of the molecule is Fc1ccc(CC#Cc2cccn2C2CCCCC2)cc1. The van der Waals surface area contributed by atoms with Crippen molar-refractivity contribution in [2.75, 3.05) is 0 Å². The van der Waals surface area contributed by atoms with Gasteiger partial charge < -0.3 is 4.57 Å². The van der Waals surface area contributed by atoms with Crippen LogP contribution in [0.25, 0.3) is 0 Å². The molecule has 1 aromatic carbocycles. The number of hydrogen-bond acceptors (Lipinski definition) is 0. The fourth-order valence-corrected chi connectivity index (χ4v) is 3.02. The topological polar surface area (TPSA) is 4.93 Å².